The number of carboxylic acids is 1. The molecule has 1 saturated heterocycles. The fraction of sp³-hybridized carbons (Fsp3) is 0.364. The second-order valence-electron chi connectivity index (χ2n) is 4.80. The minimum atomic E-state index is -4.01. The molecule has 0 amide bonds. The molecule has 0 radical (unpaired) electrons. The van der Waals surface area contributed by atoms with E-state index in [1.165, 1.54) is 12.1 Å². The number of carbonyl (C=O) groups is 1. The van der Waals surface area contributed by atoms with Crippen molar-refractivity contribution in [2.75, 3.05) is 16.8 Å². The smallest absolute Gasteiger partial charge is 0.337 e. The number of sulfonamides is 1. The van der Waals surface area contributed by atoms with Crippen molar-refractivity contribution in [2.24, 2.45) is 5.14 Å². The molecule has 0 saturated carbocycles. The lowest BCUT2D eigenvalue weighted by Crippen LogP contribution is -2.22. The molecule has 1 atom stereocenters. The first-order valence-electron chi connectivity index (χ1n) is 5.95. The Bertz CT molecular complexity index is 785. The summed E-state index contributed by atoms with van der Waals surface area (Å²) >= 11 is 0. The highest BCUT2D eigenvalue weighted by molar-refractivity contribution is 7.91. The standard InChI is InChI=1S/C11H14N2O6S2/c12-21(18,19)8-1-2-10(9(5-8)11(14)15)13-7-3-4-20(16,17)6-7/h1-2,5,7,13H,3-4,6H2,(H,14,15)(H2,12,18,19). The van der Waals surface area contributed by atoms with E-state index in [0.29, 0.717) is 6.42 Å². The molecular weight excluding hydrogens is 320 g/mol. The highest BCUT2D eigenvalue weighted by atomic mass is 32.2. The van der Waals surface area contributed by atoms with Gasteiger partial charge in [0.2, 0.25) is 10.0 Å². The van der Waals surface area contributed by atoms with Crippen LogP contribution in [-0.2, 0) is 19.9 Å². The SMILES string of the molecule is NS(=O)(=O)c1ccc(NC2CCS(=O)(=O)C2)c(C(=O)O)c1. The summed E-state index contributed by atoms with van der Waals surface area (Å²) in [5.74, 6) is -1.37. The van der Waals surface area contributed by atoms with Crippen molar-refractivity contribution in [1.29, 1.82) is 0 Å². The summed E-state index contributed by atoms with van der Waals surface area (Å²) in [6.07, 6.45) is 0.373. The van der Waals surface area contributed by atoms with E-state index in [0.717, 1.165) is 6.07 Å². The monoisotopic (exact) mass is 334 g/mol. The van der Waals surface area contributed by atoms with E-state index in [2.05, 4.69) is 5.32 Å². The molecule has 1 fully saturated rings. The molecule has 1 aliphatic rings. The topological polar surface area (TPSA) is 144 Å². The van der Waals surface area contributed by atoms with Gasteiger partial charge >= 0.3 is 5.97 Å². The molecule has 4 N–H and O–H groups in total. The van der Waals surface area contributed by atoms with Crippen LogP contribution in [0.2, 0.25) is 0 Å². The Morgan fingerprint density at radius 1 is 1.38 bits per heavy atom. The largest absolute Gasteiger partial charge is 0.478 e. The molecular formula is C11H14N2O6S2. The fourth-order valence-electron chi connectivity index (χ4n) is 2.13. The first-order chi connectivity index (χ1) is 9.58. The molecule has 0 aliphatic carbocycles. The van der Waals surface area contributed by atoms with Gasteiger partial charge in [0.25, 0.3) is 0 Å². The van der Waals surface area contributed by atoms with Gasteiger partial charge in [0.1, 0.15) is 0 Å². The lowest BCUT2D eigenvalue weighted by Gasteiger charge is -2.15. The molecule has 2 rings (SSSR count). The van der Waals surface area contributed by atoms with Gasteiger partial charge in [-0.3, -0.25) is 0 Å². The molecule has 1 aliphatic heterocycles. The minimum absolute atomic E-state index is 0.0440. The van der Waals surface area contributed by atoms with Crippen LogP contribution in [0.25, 0.3) is 0 Å². The summed E-state index contributed by atoms with van der Waals surface area (Å²) in [7, 11) is -7.11. The van der Waals surface area contributed by atoms with E-state index in [4.69, 9.17) is 10.2 Å². The van der Waals surface area contributed by atoms with Gasteiger partial charge in [-0.15, -0.1) is 0 Å². The molecule has 21 heavy (non-hydrogen) atoms. The van der Waals surface area contributed by atoms with Crippen LogP contribution in [0.5, 0.6) is 0 Å². The third kappa shape index (κ3) is 3.71. The van der Waals surface area contributed by atoms with Gasteiger partial charge < -0.3 is 10.4 Å². The Hall–Kier alpha value is -1.65. The van der Waals surface area contributed by atoms with Crippen molar-refractivity contribution in [3.05, 3.63) is 23.8 Å². The van der Waals surface area contributed by atoms with Gasteiger partial charge in [-0.05, 0) is 24.6 Å². The Kier molecular flexibility index (Phi) is 3.95. The van der Waals surface area contributed by atoms with Gasteiger partial charge in [0.05, 0.1) is 22.0 Å². The molecule has 0 aromatic heterocycles. The number of aromatic carboxylic acids is 1. The van der Waals surface area contributed by atoms with Gasteiger partial charge in [-0.25, -0.2) is 26.8 Å². The summed E-state index contributed by atoms with van der Waals surface area (Å²) in [5.41, 5.74) is -0.108. The van der Waals surface area contributed by atoms with Crippen LogP contribution in [0.4, 0.5) is 5.69 Å². The first kappa shape index (κ1) is 15.7. The molecule has 116 valence electrons. The average molecular weight is 334 g/mol. The van der Waals surface area contributed by atoms with E-state index < -0.39 is 31.9 Å². The van der Waals surface area contributed by atoms with Crippen LogP contribution in [0.3, 0.4) is 0 Å². The minimum Gasteiger partial charge on any atom is -0.478 e. The molecule has 10 heteroatoms. The zero-order valence-electron chi connectivity index (χ0n) is 10.8. The number of primary sulfonamides is 1. The van der Waals surface area contributed by atoms with Crippen molar-refractivity contribution >= 4 is 31.5 Å². The molecule has 0 spiro atoms. The summed E-state index contributed by atoms with van der Waals surface area (Å²) < 4.78 is 45.2. The number of hydrogen-bond donors (Lipinski definition) is 3. The summed E-state index contributed by atoms with van der Waals surface area (Å²) in [4.78, 5) is 10.9. The quantitative estimate of drug-likeness (QED) is 0.681. The van der Waals surface area contributed by atoms with E-state index in [1.807, 2.05) is 0 Å². The van der Waals surface area contributed by atoms with E-state index in [-0.39, 0.29) is 27.7 Å². The third-order valence-electron chi connectivity index (χ3n) is 3.14. The number of sulfone groups is 1. The Labute approximate surface area is 121 Å². The van der Waals surface area contributed by atoms with Crippen LogP contribution in [0.1, 0.15) is 16.8 Å². The predicted octanol–water partition coefficient (Wildman–Crippen LogP) is -0.369. The molecule has 8 nitrogen and oxygen atoms in total. The van der Waals surface area contributed by atoms with Crippen LogP contribution in [-0.4, -0.2) is 45.5 Å². The second-order valence-corrected chi connectivity index (χ2v) is 8.59. The van der Waals surface area contributed by atoms with Crippen LogP contribution < -0.4 is 10.5 Å². The third-order valence-corrected chi connectivity index (χ3v) is 5.82. The molecule has 0 bridgehead atoms. The predicted molar refractivity (Wildman–Crippen MR) is 75.5 cm³/mol. The van der Waals surface area contributed by atoms with E-state index in [9.17, 15) is 21.6 Å². The zero-order valence-corrected chi connectivity index (χ0v) is 12.4. The number of hydrogen-bond acceptors (Lipinski definition) is 6. The summed E-state index contributed by atoms with van der Waals surface area (Å²) in [6, 6.07) is 3.00. The van der Waals surface area contributed by atoms with Gasteiger partial charge in [0.15, 0.2) is 9.84 Å². The Balaban J connectivity index is 2.34. The molecule has 1 aromatic carbocycles. The van der Waals surface area contributed by atoms with Crippen molar-refractivity contribution in [3.63, 3.8) is 0 Å². The second kappa shape index (κ2) is 5.28. The van der Waals surface area contributed by atoms with Crippen LogP contribution in [0.15, 0.2) is 23.1 Å². The number of carboxylic acid groups (broad SMARTS) is 1. The average Bonchev–Trinajstić information content (AvgIpc) is 2.67. The van der Waals surface area contributed by atoms with Crippen molar-refractivity contribution in [2.45, 2.75) is 17.4 Å². The number of rotatable bonds is 4. The summed E-state index contributed by atoms with van der Waals surface area (Å²) in [6.45, 7) is 0. The van der Waals surface area contributed by atoms with Crippen molar-refractivity contribution in [1.82, 2.24) is 0 Å². The molecule has 1 aromatic rings. The lowest BCUT2D eigenvalue weighted by molar-refractivity contribution is 0.0697. The van der Waals surface area contributed by atoms with Crippen LogP contribution >= 0.6 is 0 Å². The van der Waals surface area contributed by atoms with E-state index in [1.54, 1.807) is 0 Å². The van der Waals surface area contributed by atoms with Gasteiger partial charge in [-0.2, -0.15) is 0 Å². The molecule has 1 unspecified atom stereocenters. The zero-order chi connectivity index (χ0) is 15.8. The maximum Gasteiger partial charge on any atom is 0.337 e. The maximum absolute atomic E-state index is 11.4. The number of nitrogens with two attached hydrogens (primary N) is 1. The van der Waals surface area contributed by atoms with Gasteiger partial charge in [-0.1, -0.05) is 0 Å². The Morgan fingerprint density at radius 2 is 2.05 bits per heavy atom. The normalized spacial score (nSPS) is 21.1. The van der Waals surface area contributed by atoms with E-state index >= 15 is 0 Å². The lowest BCUT2D eigenvalue weighted by atomic mass is 10.1. The highest BCUT2D eigenvalue weighted by Gasteiger charge is 2.28. The van der Waals surface area contributed by atoms with Gasteiger partial charge in [0, 0.05) is 11.7 Å². The number of anilines is 1. The fourth-order valence-corrected chi connectivity index (χ4v) is 4.35. The van der Waals surface area contributed by atoms with Crippen molar-refractivity contribution in [3.8, 4) is 0 Å². The maximum atomic E-state index is 11.4. The first-order valence-corrected chi connectivity index (χ1v) is 9.32. The summed E-state index contributed by atoms with van der Waals surface area (Å²) in [5, 5.41) is 16.9. The number of nitrogens with one attached hydrogen (secondary N) is 1. The number of benzene rings is 1. The highest BCUT2D eigenvalue weighted by Crippen LogP contribution is 2.23. The molecule has 1 heterocycles. The van der Waals surface area contributed by atoms with Crippen LogP contribution in [0, 0.1) is 0 Å². The Morgan fingerprint density at radius 3 is 2.52 bits per heavy atom. The van der Waals surface area contributed by atoms with Crippen molar-refractivity contribution < 1.29 is 26.7 Å².